The molecule has 0 aliphatic carbocycles. The van der Waals surface area contributed by atoms with Gasteiger partial charge in [0.15, 0.2) is 0 Å². The minimum atomic E-state index is -0.236. The highest BCUT2D eigenvalue weighted by Crippen LogP contribution is 2.37. The van der Waals surface area contributed by atoms with E-state index in [-0.39, 0.29) is 11.4 Å². The molecule has 0 aromatic heterocycles. The molecule has 1 rings (SSSR count). The fourth-order valence-corrected chi connectivity index (χ4v) is 2.09. The third-order valence-corrected chi connectivity index (χ3v) is 3.19. The van der Waals surface area contributed by atoms with Crippen LogP contribution in [0.15, 0.2) is 0 Å². The van der Waals surface area contributed by atoms with Gasteiger partial charge in [-0.1, -0.05) is 13.8 Å². The summed E-state index contributed by atoms with van der Waals surface area (Å²) in [4.78, 5) is 11.7. The molecule has 0 unspecified atom stereocenters. The molecular weight excluding hydrogens is 166 g/mol. The molecule has 0 aromatic rings. The van der Waals surface area contributed by atoms with Crippen LogP contribution in [0, 0.1) is 11.3 Å². The van der Waals surface area contributed by atoms with E-state index >= 15 is 0 Å². The van der Waals surface area contributed by atoms with Gasteiger partial charge in [0.05, 0.1) is 12.5 Å². The molecule has 3 nitrogen and oxygen atoms in total. The summed E-state index contributed by atoms with van der Waals surface area (Å²) in [6, 6.07) is 0. The van der Waals surface area contributed by atoms with Crippen LogP contribution in [0.2, 0.25) is 0 Å². The molecule has 1 aliphatic heterocycles. The van der Waals surface area contributed by atoms with Crippen molar-refractivity contribution in [2.45, 2.75) is 26.7 Å². The van der Waals surface area contributed by atoms with E-state index in [0.717, 1.165) is 25.9 Å². The van der Waals surface area contributed by atoms with Gasteiger partial charge in [0.25, 0.3) is 0 Å². The second kappa shape index (κ2) is 4.09. The zero-order chi connectivity index (χ0) is 9.90. The number of carbonyl (C=O) groups is 1. The number of carbonyl (C=O) groups excluding carboxylic acids is 1. The van der Waals surface area contributed by atoms with Crippen molar-refractivity contribution in [3.63, 3.8) is 0 Å². The fraction of sp³-hybridized carbons (Fsp3) is 0.900. The van der Waals surface area contributed by atoms with Crippen LogP contribution >= 0.6 is 0 Å². The van der Waals surface area contributed by atoms with Crippen LogP contribution in [-0.4, -0.2) is 26.2 Å². The lowest BCUT2D eigenvalue weighted by molar-refractivity contribution is -0.157. The fourth-order valence-electron chi connectivity index (χ4n) is 2.09. The Labute approximate surface area is 79.8 Å². The lowest BCUT2D eigenvalue weighted by Gasteiger charge is -2.38. The van der Waals surface area contributed by atoms with E-state index in [2.05, 4.69) is 19.2 Å². The zero-order valence-corrected chi connectivity index (χ0v) is 8.72. The third kappa shape index (κ3) is 1.85. The van der Waals surface area contributed by atoms with E-state index in [4.69, 9.17) is 4.74 Å². The summed E-state index contributed by atoms with van der Waals surface area (Å²) in [6.45, 7) is 6.05. The SMILES string of the molecule is COC(=O)C1(C(C)C)CCNCC1. The Hall–Kier alpha value is -0.570. The number of rotatable bonds is 2. The first-order valence-electron chi connectivity index (χ1n) is 4.92. The number of hydrogen-bond acceptors (Lipinski definition) is 3. The summed E-state index contributed by atoms with van der Waals surface area (Å²) in [7, 11) is 1.48. The molecule has 0 aromatic carbocycles. The van der Waals surface area contributed by atoms with Crippen LogP contribution < -0.4 is 5.32 Å². The molecule has 0 bridgehead atoms. The van der Waals surface area contributed by atoms with Gasteiger partial charge in [-0.25, -0.2) is 0 Å². The van der Waals surface area contributed by atoms with Gasteiger partial charge in [-0.15, -0.1) is 0 Å². The van der Waals surface area contributed by atoms with Crippen molar-refractivity contribution in [1.29, 1.82) is 0 Å². The van der Waals surface area contributed by atoms with Crippen molar-refractivity contribution in [2.75, 3.05) is 20.2 Å². The Kier molecular flexibility index (Phi) is 3.31. The van der Waals surface area contributed by atoms with E-state index in [0.29, 0.717) is 5.92 Å². The second-order valence-corrected chi connectivity index (χ2v) is 4.05. The molecule has 76 valence electrons. The lowest BCUT2D eigenvalue weighted by atomic mass is 9.70. The molecule has 0 amide bonds. The molecule has 1 aliphatic rings. The monoisotopic (exact) mass is 185 g/mol. The van der Waals surface area contributed by atoms with Crippen LogP contribution in [0.4, 0.5) is 0 Å². The number of nitrogens with one attached hydrogen (secondary N) is 1. The maximum atomic E-state index is 11.7. The molecular formula is C10H19NO2. The van der Waals surface area contributed by atoms with E-state index in [9.17, 15) is 4.79 Å². The molecule has 1 heterocycles. The maximum Gasteiger partial charge on any atom is 0.312 e. The van der Waals surface area contributed by atoms with Crippen LogP contribution in [0.25, 0.3) is 0 Å². The first-order chi connectivity index (χ1) is 6.13. The molecule has 0 saturated carbocycles. The molecule has 1 fully saturated rings. The van der Waals surface area contributed by atoms with Gasteiger partial charge >= 0.3 is 5.97 Å². The highest BCUT2D eigenvalue weighted by molar-refractivity contribution is 5.77. The second-order valence-electron chi connectivity index (χ2n) is 4.05. The molecule has 0 atom stereocenters. The number of hydrogen-bond donors (Lipinski definition) is 1. The topological polar surface area (TPSA) is 38.3 Å². The first kappa shape index (κ1) is 10.5. The minimum absolute atomic E-state index is 0.0380. The Bertz CT molecular complexity index is 183. The van der Waals surface area contributed by atoms with Crippen molar-refractivity contribution in [3.8, 4) is 0 Å². The average Bonchev–Trinajstić information content (AvgIpc) is 2.17. The lowest BCUT2D eigenvalue weighted by Crippen LogP contribution is -2.46. The summed E-state index contributed by atoms with van der Waals surface area (Å²) in [5, 5.41) is 3.27. The molecule has 1 saturated heterocycles. The first-order valence-corrected chi connectivity index (χ1v) is 4.92. The standard InChI is InChI=1S/C10H19NO2/c1-8(2)10(9(12)13-3)4-6-11-7-5-10/h8,11H,4-7H2,1-3H3. The van der Waals surface area contributed by atoms with Crippen molar-refractivity contribution in [2.24, 2.45) is 11.3 Å². The van der Waals surface area contributed by atoms with Crippen LogP contribution in [-0.2, 0) is 9.53 Å². The Morgan fingerprint density at radius 1 is 1.38 bits per heavy atom. The average molecular weight is 185 g/mol. The number of methoxy groups -OCH3 is 1. The van der Waals surface area contributed by atoms with E-state index < -0.39 is 0 Å². The van der Waals surface area contributed by atoms with Gasteiger partial charge in [0.2, 0.25) is 0 Å². The predicted octanol–water partition coefficient (Wildman–Crippen LogP) is 1.19. The van der Waals surface area contributed by atoms with Crippen molar-refractivity contribution in [1.82, 2.24) is 5.32 Å². The van der Waals surface area contributed by atoms with Crippen molar-refractivity contribution < 1.29 is 9.53 Å². The summed E-state index contributed by atoms with van der Waals surface area (Å²) in [5.41, 5.74) is -0.236. The maximum absolute atomic E-state index is 11.7. The molecule has 13 heavy (non-hydrogen) atoms. The van der Waals surface area contributed by atoms with Gasteiger partial charge in [-0.05, 0) is 31.8 Å². The molecule has 0 spiro atoms. The largest absolute Gasteiger partial charge is 0.469 e. The quantitative estimate of drug-likeness (QED) is 0.657. The van der Waals surface area contributed by atoms with Gasteiger partial charge in [-0.3, -0.25) is 4.79 Å². The Balaban J connectivity index is 2.79. The minimum Gasteiger partial charge on any atom is -0.469 e. The van der Waals surface area contributed by atoms with E-state index in [1.807, 2.05) is 0 Å². The van der Waals surface area contributed by atoms with Crippen molar-refractivity contribution in [3.05, 3.63) is 0 Å². The van der Waals surface area contributed by atoms with Crippen LogP contribution in [0.5, 0.6) is 0 Å². The normalized spacial score (nSPS) is 21.5. The predicted molar refractivity (Wildman–Crippen MR) is 51.4 cm³/mol. The van der Waals surface area contributed by atoms with Crippen molar-refractivity contribution >= 4 is 5.97 Å². The Morgan fingerprint density at radius 2 is 1.92 bits per heavy atom. The van der Waals surface area contributed by atoms with E-state index in [1.165, 1.54) is 7.11 Å². The zero-order valence-electron chi connectivity index (χ0n) is 8.72. The number of piperidine rings is 1. The highest BCUT2D eigenvalue weighted by Gasteiger charge is 2.43. The van der Waals surface area contributed by atoms with Gasteiger partial charge in [-0.2, -0.15) is 0 Å². The summed E-state index contributed by atoms with van der Waals surface area (Å²) in [5.74, 6) is 0.325. The molecule has 1 N–H and O–H groups in total. The third-order valence-electron chi connectivity index (χ3n) is 3.19. The van der Waals surface area contributed by atoms with Gasteiger partial charge in [0, 0.05) is 0 Å². The number of esters is 1. The van der Waals surface area contributed by atoms with Gasteiger partial charge in [0.1, 0.15) is 0 Å². The summed E-state index contributed by atoms with van der Waals surface area (Å²) < 4.78 is 4.89. The molecule has 3 heteroatoms. The van der Waals surface area contributed by atoms with Gasteiger partial charge < -0.3 is 10.1 Å². The summed E-state index contributed by atoms with van der Waals surface area (Å²) in [6.07, 6.45) is 1.80. The molecule has 0 radical (unpaired) electrons. The highest BCUT2D eigenvalue weighted by atomic mass is 16.5. The van der Waals surface area contributed by atoms with Crippen LogP contribution in [0.3, 0.4) is 0 Å². The Morgan fingerprint density at radius 3 is 2.31 bits per heavy atom. The summed E-state index contributed by atoms with van der Waals surface area (Å²) >= 11 is 0. The number of ether oxygens (including phenoxy) is 1. The van der Waals surface area contributed by atoms with E-state index in [1.54, 1.807) is 0 Å². The smallest absolute Gasteiger partial charge is 0.312 e. The van der Waals surface area contributed by atoms with Crippen LogP contribution in [0.1, 0.15) is 26.7 Å².